The molecule has 1 aliphatic carbocycles. The Morgan fingerprint density at radius 2 is 1.88 bits per heavy atom. The van der Waals surface area contributed by atoms with E-state index in [0.29, 0.717) is 21.5 Å². The molecule has 0 aromatic heterocycles. The number of quaternary nitrogens is 1. The van der Waals surface area contributed by atoms with Crippen molar-refractivity contribution >= 4 is 17.6 Å². The highest BCUT2D eigenvalue weighted by molar-refractivity contribution is 6.06. The SMILES string of the molecule is CCOC(=O)c1cc(OC)cc(C)c1NC(=O)C1([N+](C)(C)CC)CC1. The van der Waals surface area contributed by atoms with E-state index >= 15 is 0 Å². The zero-order valence-corrected chi connectivity index (χ0v) is 16.1. The highest BCUT2D eigenvalue weighted by Gasteiger charge is 2.62. The van der Waals surface area contributed by atoms with Gasteiger partial charge in [-0.15, -0.1) is 0 Å². The average molecular weight is 349 g/mol. The number of rotatable bonds is 7. The van der Waals surface area contributed by atoms with Gasteiger partial charge < -0.3 is 19.3 Å². The zero-order valence-electron chi connectivity index (χ0n) is 16.1. The summed E-state index contributed by atoms with van der Waals surface area (Å²) in [7, 11) is 5.68. The number of carbonyl (C=O) groups is 2. The molecule has 6 heteroatoms. The van der Waals surface area contributed by atoms with Crippen LogP contribution in [0.25, 0.3) is 0 Å². The van der Waals surface area contributed by atoms with Crippen LogP contribution in [0.5, 0.6) is 5.75 Å². The highest BCUT2D eigenvalue weighted by Crippen LogP contribution is 2.46. The molecule has 1 aliphatic rings. The van der Waals surface area contributed by atoms with Gasteiger partial charge >= 0.3 is 5.97 Å². The van der Waals surface area contributed by atoms with Crippen LogP contribution < -0.4 is 10.1 Å². The van der Waals surface area contributed by atoms with Gasteiger partial charge in [0, 0.05) is 12.8 Å². The van der Waals surface area contributed by atoms with Crippen molar-refractivity contribution in [2.45, 2.75) is 39.2 Å². The summed E-state index contributed by atoms with van der Waals surface area (Å²) in [5.74, 6) is 0.0522. The second-order valence-electron chi connectivity index (χ2n) is 7.07. The lowest BCUT2D eigenvalue weighted by Gasteiger charge is -2.36. The second kappa shape index (κ2) is 7.04. The minimum absolute atomic E-state index is 0.0434. The monoisotopic (exact) mass is 349 g/mol. The molecule has 1 fully saturated rings. The smallest absolute Gasteiger partial charge is 0.340 e. The normalized spacial score (nSPS) is 15.4. The van der Waals surface area contributed by atoms with Gasteiger partial charge in [0.2, 0.25) is 0 Å². The number of methoxy groups -OCH3 is 1. The van der Waals surface area contributed by atoms with Gasteiger partial charge in [0.25, 0.3) is 5.91 Å². The number of likely N-dealkylation sites (N-methyl/N-ethyl adjacent to an activating group) is 1. The van der Waals surface area contributed by atoms with Gasteiger partial charge in [-0.1, -0.05) is 0 Å². The van der Waals surface area contributed by atoms with Crippen LogP contribution in [-0.4, -0.2) is 56.3 Å². The van der Waals surface area contributed by atoms with Crippen molar-refractivity contribution in [2.75, 3.05) is 39.7 Å². The topological polar surface area (TPSA) is 64.6 Å². The Kier molecular flexibility index (Phi) is 5.42. The lowest BCUT2D eigenvalue weighted by Crippen LogP contribution is -2.56. The lowest BCUT2D eigenvalue weighted by molar-refractivity contribution is -0.914. The lowest BCUT2D eigenvalue weighted by atomic mass is 10.1. The van der Waals surface area contributed by atoms with Crippen molar-refractivity contribution in [3.05, 3.63) is 23.3 Å². The number of hydrogen-bond acceptors (Lipinski definition) is 4. The van der Waals surface area contributed by atoms with Crippen LogP contribution in [0.3, 0.4) is 0 Å². The molecular weight excluding hydrogens is 320 g/mol. The van der Waals surface area contributed by atoms with Crippen LogP contribution in [0.15, 0.2) is 12.1 Å². The molecule has 0 bridgehead atoms. The summed E-state index contributed by atoms with van der Waals surface area (Å²) in [4.78, 5) is 25.4. The number of benzene rings is 1. The van der Waals surface area contributed by atoms with Crippen molar-refractivity contribution in [3.8, 4) is 5.75 Å². The summed E-state index contributed by atoms with van der Waals surface area (Å²) in [6.45, 7) is 6.81. The minimum Gasteiger partial charge on any atom is -0.497 e. The Morgan fingerprint density at radius 1 is 1.24 bits per heavy atom. The maximum atomic E-state index is 13.0. The molecule has 138 valence electrons. The quantitative estimate of drug-likeness (QED) is 0.607. The Labute approximate surface area is 149 Å². The molecule has 0 heterocycles. The van der Waals surface area contributed by atoms with E-state index < -0.39 is 11.5 Å². The largest absolute Gasteiger partial charge is 0.497 e. The number of anilines is 1. The van der Waals surface area contributed by atoms with E-state index in [1.165, 1.54) is 0 Å². The molecule has 25 heavy (non-hydrogen) atoms. The predicted octanol–water partition coefficient (Wildman–Crippen LogP) is 2.75. The van der Waals surface area contributed by atoms with E-state index in [1.807, 2.05) is 6.92 Å². The fraction of sp³-hybridized carbons (Fsp3) is 0.579. The first-order valence-corrected chi connectivity index (χ1v) is 8.72. The van der Waals surface area contributed by atoms with Crippen molar-refractivity contribution in [2.24, 2.45) is 0 Å². The third kappa shape index (κ3) is 3.49. The van der Waals surface area contributed by atoms with Crippen molar-refractivity contribution in [1.82, 2.24) is 0 Å². The first-order chi connectivity index (χ1) is 11.7. The summed E-state index contributed by atoms with van der Waals surface area (Å²) in [5, 5.41) is 3.00. The van der Waals surface area contributed by atoms with E-state index in [0.717, 1.165) is 24.9 Å². The van der Waals surface area contributed by atoms with E-state index in [2.05, 4.69) is 26.3 Å². The van der Waals surface area contributed by atoms with Crippen molar-refractivity contribution in [1.29, 1.82) is 0 Å². The molecule has 0 saturated heterocycles. The number of carbonyl (C=O) groups excluding carboxylic acids is 2. The molecule has 0 aliphatic heterocycles. The second-order valence-corrected chi connectivity index (χ2v) is 7.07. The third-order valence-corrected chi connectivity index (χ3v) is 5.37. The van der Waals surface area contributed by atoms with Crippen LogP contribution in [0, 0.1) is 6.92 Å². The molecule has 1 aromatic rings. The summed E-state index contributed by atoms with van der Waals surface area (Å²) in [6.07, 6.45) is 1.70. The average Bonchev–Trinajstić information content (AvgIpc) is 3.38. The van der Waals surface area contributed by atoms with Crippen LogP contribution in [0.1, 0.15) is 42.6 Å². The van der Waals surface area contributed by atoms with E-state index in [9.17, 15) is 9.59 Å². The molecule has 2 rings (SSSR count). The van der Waals surface area contributed by atoms with Crippen LogP contribution in [0.2, 0.25) is 0 Å². The van der Waals surface area contributed by atoms with Gasteiger partial charge in [-0.25, -0.2) is 4.79 Å². The van der Waals surface area contributed by atoms with Crippen LogP contribution in [-0.2, 0) is 9.53 Å². The van der Waals surface area contributed by atoms with E-state index in [-0.39, 0.29) is 12.5 Å². The van der Waals surface area contributed by atoms with Gasteiger partial charge in [0.15, 0.2) is 5.54 Å². The van der Waals surface area contributed by atoms with Gasteiger partial charge in [0.1, 0.15) is 5.75 Å². The molecule has 0 unspecified atom stereocenters. The van der Waals surface area contributed by atoms with Crippen LogP contribution >= 0.6 is 0 Å². The maximum Gasteiger partial charge on any atom is 0.340 e. The Morgan fingerprint density at radius 3 is 2.36 bits per heavy atom. The summed E-state index contributed by atoms with van der Waals surface area (Å²) < 4.78 is 11.0. The summed E-state index contributed by atoms with van der Waals surface area (Å²) in [6, 6.07) is 3.41. The number of hydrogen-bond donors (Lipinski definition) is 1. The molecule has 6 nitrogen and oxygen atoms in total. The highest BCUT2D eigenvalue weighted by atomic mass is 16.5. The van der Waals surface area contributed by atoms with Gasteiger partial charge in [-0.05, 0) is 38.5 Å². The third-order valence-electron chi connectivity index (χ3n) is 5.37. The minimum atomic E-state index is -0.464. The van der Waals surface area contributed by atoms with E-state index in [4.69, 9.17) is 9.47 Å². The zero-order chi connectivity index (χ0) is 18.8. The number of nitrogens with zero attached hydrogens (tertiary/aromatic N) is 1. The number of aryl methyl sites for hydroxylation is 1. The first-order valence-electron chi connectivity index (χ1n) is 8.72. The van der Waals surface area contributed by atoms with Gasteiger partial charge in [0.05, 0.1) is 45.6 Å². The fourth-order valence-corrected chi connectivity index (χ4v) is 3.17. The van der Waals surface area contributed by atoms with Crippen molar-refractivity contribution < 1.29 is 23.5 Å². The van der Waals surface area contributed by atoms with Gasteiger partial charge in [-0.2, -0.15) is 0 Å². The number of ether oxygens (including phenoxy) is 2. The Bertz CT molecular complexity index is 678. The fourth-order valence-electron chi connectivity index (χ4n) is 3.17. The molecular formula is C19H29N2O4+. The Hall–Kier alpha value is -2.08. The molecule has 1 amide bonds. The molecule has 1 saturated carbocycles. The molecule has 1 N–H and O–H groups in total. The predicted molar refractivity (Wildman–Crippen MR) is 96.9 cm³/mol. The number of nitrogens with one attached hydrogen (secondary N) is 1. The number of amides is 1. The first kappa shape index (κ1) is 19.2. The van der Waals surface area contributed by atoms with Crippen LogP contribution in [0.4, 0.5) is 5.69 Å². The van der Waals surface area contributed by atoms with Crippen molar-refractivity contribution in [3.63, 3.8) is 0 Å². The summed E-state index contributed by atoms with van der Waals surface area (Å²) in [5.41, 5.74) is 1.18. The maximum absolute atomic E-state index is 13.0. The molecule has 0 radical (unpaired) electrons. The molecule has 1 aromatic carbocycles. The Balaban J connectivity index is 2.39. The standard InChI is InChI=1S/C19H28N2O4/c1-7-21(4,5)19(9-10-19)18(23)20-16-13(3)11-14(24-6)12-15(16)17(22)25-8-2/h11-12H,7-10H2,1-6H3/p+1. The summed E-state index contributed by atoms with van der Waals surface area (Å²) >= 11 is 0. The molecule has 0 spiro atoms. The van der Waals surface area contributed by atoms with E-state index in [1.54, 1.807) is 26.2 Å². The van der Waals surface area contributed by atoms with Gasteiger partial charge in [-0.3, -0.25) is 4.79 Å². The number of esters is 1. The molecule has 0 atom stereocenters.